The lowest BCUT2D eigenvalue weighted by Gasteiger charge is -2.48. The van der Waals surface area contributed by atoms with Gasteiger partial charge in [0.25, 0.3) is 0 Å². The second-order valence-corrected chi connectivity index (χ2v) is 9.28. The number of carbonyl (C=O) groups excluding carboxylic acids is 3. The first-order chi connectivity index (χ1) is 14.2. The van der Waals surface area contributed by atoms with Gasteiger partial charge in [0.2, 0.25) is 17.7 Å². The number of hydrogen-bond donors (Lipinski definition) is 1. The van der Waals surface area contributed by atoms with Crippen molar-refractivity contribution in [2.24, 2.45) is 5.41 Å². The Morgan fingerprint density at radius 2 is 1.67 bits per heavy atom. The van der Waals surface area contributed by atoms with Gasteiger partial charge >= 0.3 is 0 Å². The Hall–Kier alpha value is -2.41. The molecule has 0 unspecified atom stereocenters. The molecule has 1 saturated heterocycles. The zero-order valence-electron chi connectivity index (χ0n) is 18.6. The van der Waals surface area contributed by atoms with Crippen LogP contribution < -0.4 is 5.32 Å². The van der Waals surface area contributed by atoms with E-state index in [1.807, 2.05) is 6.07 Å². The Kier molecular flexibility index (Phi) is 6.50. The van der Waals surface area contributed by atoms with Gasteiger partial charge in [0.05, 0.1) is 13.1 Å². The molecule has 1 saturated carbocycles. The number of rotatable bonds is 6. The van der Waals surface area contributed by atoms with E-state index in [4.69, 9.17) is 0 Å². The van der Waals surface area contributed by atoms with E-state index in [0.29, 0.717) is 13.0 Å². The summed E-state index contributed by atoms with van der Waals surface area (Å²) in [6, 6.07) is 10.6. The van der Waals surface area contributed by atoms with Crippen molar-refractivity contribution in [1.82, 2.24) is 20.0 Å². The van der Waals surface area contributed by atoms with E-state index in [0.717, 1.165) is 25.7 Å². The molecular weight excluding hydrogens is 380 g/mol. The molecule has 164 valence electrons. The van der Waals surface area contributed by atoms with Gasteiger partial charge in [0, 0.05) is 32.6 Å². The summed E-state index contributed by atoms with van der Waals surface area (Å²) in [6.07, 6.45) is 4.42. The third-order valence-corrected chi connectivity index (χ3v) is 6.98. The van der Waals surface area contributed by atoms with Gasteiger partial charge in [0.15, 0.2) is 0 Å². The Morgan fingerprint density at radius 1 is 1.03 bits per heavy atom. The normalized spacial score (nSPS) is 26.3. The number of likely N-dealkylation sites (N-methyl/N-ethyl adjacent to an activating group) is 1. The third kappa shape index (κ3) is 4.51. The molecule has 1 spiro atoms. The monoisotopic (exact) mass is 414 g/mol. The van der Waals surface area contributed by atoms with Crippen molar-refractivity contribution in [3.8, 4) is 0 Å². The first kappa shape index (κ1) is 22.3. The number of nitrogens with one attached hydrogen (secondary N) is 1. The molecule has 3 rings (SSSR count). The maximum atomic E-state index is 12.7. The summed E-state index contributed by atoms with van der Waals surface area (Å²) in [5, 5.41) is 2.62. The van der Waals surface area contributed by atoms with Crippen LogP contribution in [-0.4, -0.2) is 80.2 Å². The second kappa shape index (κ2) is 8.76. The van der Waals surface area contributed by atoms with Crippen LogP contribution in [0.1, 0.15) is 37.7 Å². The van der Waals surface area contributed by atoms with Crippen LogP contribution in [-0.2, 0) is 19.9 Å². The number of amides is 3. The minimum atomic E-state index is -0.279. The summed E-state index contributed by atoms with van der Waals surface area (Å²) in [4.78, 5) is 42.0. The molecule has 0 aromatic heterocycles. The molecule has 1 aliphatic carbocycles. The zero-order chi connectivity index (χ0) is 21.9. The summed E-state index contributed by atoms with van der Waals surface area (Å²) in [6.45, 7) is 0.611. The van der Waals surface area contributed by atoms with E-state index in [2.05, 4.69) is 48.6 Å². The quantitative estimate of drug-likeness (QED) is 0.765. The Bertz CT molecular complexity index is 783. The molecule has 1 aliphatic heterocycles. The van der Waals surface area contributed by atoms with Crippen LogP contribution in [0.2, 0.25) is 0 Å². The maximum absolute atomic E-state index is 12.7. The van der Waals surface area contributed by atoms with E-state index in [1.165, 1.54) is 10.5 Å². The van der Waals surface area contributed by atoms with Crippen molar-refractivity contribution in [2.45, 2.75) is 37.6 Å². The van der Waals surface area contributed by atoms with Crippen molar-refractivity contribution in [3.63, 3.8) is 0 Å². The van der Waals surface area contributed by atoms with Gasteiger partial charge in [-0.3, -0.25) is 19.3 Å². The SMILES string of the molecule is CN(C)C(=O)CNC(=O)CN1C[C@]2(CC[C@](c3ccccc3)(N(C)C)CC2)CC1=O. The van der Waals surface area contributed by atoms with Crippen LogP contribution in [0.4, 0.5) is 0 Å². The van der Waals surface area contributed by atoms with E-state index in [9.17, 15) is 14.4 Å². The molecule has 2 aliphatic rings. The first-order valence-corrected chi connectivity index (χ1v) is 10.7. The van der Waals surface area contributed by atoms with Crippen LogP contribution in [0.5, 0.6) is 0 Å². The van der Waals surface area contributed by atoms with Gasteiger partial charge < -0.3 is 15.1 Å². The molecule has 0 bridgehead atoms. The fraction of sp³-hybridized carbons (Fsp3) is 0.609. The topological polar surface area (TPSA) is 73.0 Å². The molecule has 1 N–H and O–H groups in total. The summed E-state index contributed by atoms with van der Waals surface area (Å²) in [5.74, 6) is -0.403. The minimum absolute atomic E-state index is 0.00705. The number of carbonyl (C=O) groups is 3. The van der Waals surface area contributed by atoms with Crippen LogP contribution in [0.15, 0.2) is 30.3 Å². The van der Waals surface area contributed by atoms with E-state index in [-0.39, 0.29) is 41.8 Å². The lowest BCUT2D eigenvalue weighted by atomic mass is 9.64. The van der Waals surface area contributed by atoms with Gasteiger partial charge in [-0.1, -0.05) is 30.3 Å². The molecule has 3 amide bonds. The lowest BCUT2D eigenvalue weighted by Crippen LogP contribution is -2.47. The molecular formula is C23H34N4O3. The average Bonchev–Trinajstić information content (AvgIpc) is 3.01. The molecule has 0 radical (unpaired) electrons. The van der Waals surface area contributed by atoms with Gasteiger partial charge in [-0.05, 0) is 50.8 Å². The molecule has 7 heteroatoms. The number of hydrogen-bond acceptors (Lipinski definition) is 4. The van der Waals surface area contributed by atoms with E-state index in [1.54, 1.807) is 19.0 Å². The smallest absolute Gasteiger partial charge is 0.241 e. The standard InChI is InChI=1S/C23H34N4O3/c1-25(2)21(30)15-24-19(28)16-27-17-22(14-20(27)29)10-12-23(13-11-22,26(3)4)18-8-6-5-7-9-18/h5-9H,10-17H2,1-4H3,(H,24,28)/t22-,23-. The summed E-state index contributed by atoms with van der Waals surface area (Å²) in [7, 11) is 7.57. The molecule has 30 heavy (non-hydrogen) atoms. The highest BCUT2D eigenvalue weighted by atomic mass is 16.2. The van der Waals surface area contributed by atoms with Crippen molar-refractivity contribution < 1.29 is 14.4 Å². The molecule has 1 heterocycles. The van der Waals surface area contributed by atoms with Crippen LogP contribution in [0.25, 0.3) is 0 Å². The van der Waals surface area contributed by atoms with E-state index < -0.39 is 0 Å². The predicted octanol–water partition coefficient (Wildman–Crippen LogP) is 1.44. The lowest BCUT2D eigenvalue weighted by molar-refractivity contribution is -0.134. The third-order valence-electron chi connectivity index (χ3n) is 6.98. The Labute approximate surface area is 179 Å². The highest BCUT2D eigenvalue weighted by molar-refractivity contribution is 5.89. The van der Waals surface area contributed by atoms with Crippen molar-refractivity contribution in [1.29, 1.82) is 0 Å². The highest BCUT2D eigenvalue weighted by Gasteiger charge is 2.50. The molecule has 2 fully saturated rings. The number of benzene rings is 1. The highest BCUT2D eigenvalue weighted by Crippen LogP contribution is 2.51. The van der Waals surface area contributed by atoms with E-state index >= 15 is 0 Å². The van der Waals surface area contributed by atoms with Crippen LogP contribution in [0, 0.1) is 5.41 Å². The minimum Gasteiger partial charge on any atom is -0.347 e. The molecule has 1 aromatic carbocycles. The fourth-order valence-electron chi connectivity index (χ4n) is 4.96. The molecule has 1 aromatic rings. The fourth-order valence-corrected chi connectivity index (χ4v) is 4.96. The van der Waals surface area contributed by atoms with Gasteiger partial charge in [-0.25, -0.2) is 0 Å². The van der Waals surface area contributed by atoms with Crippen molar-refractivity contribution in [2.75, 3.05) is 47.8 Å². The number of likely N-dealkylation sites (tertiary alicyclic amines) is 1. The second-order valence-electron chi connectivity index (χ2n) is 9.28. The number of nitrogens with zero attached hydrogens (tertiary/aromatic N) is 3. The Balaban J connectivity index is 1.61. The maximum Gasteiger partial charge on any atom is 0.241 e. The summed E-state index contributed by atoms with van der Waals surface area (Å²) in [5.41, 5.74) is 1.27. The first-order valence-electron chi connectivity index (χ1n) is 10.7. The van der Waals surface area contributed by atoms with Crippen LogP contribution in [0.3, 0.4) is 0 Å². The molecule has 7 nitrogen and oxygen atoms in total. The summed E-state index contributed by atoms with van der Waals surface area (Å²) < 4.78 is 0. The van der Waals surface area contributed by atoms with Gasteiger partial charge in [-0.15, -0.1) is 0 Å². The van der Waals surface area contributed by atoms with Crippen LogP contribution >= 0.6 is 0 Å². The van der Waals surface area contributed by atoms with Gasteiger partial charge in [-0.2, -0.15) is 0 Å². The Morgan fingerprint density at radius 3 is 2.23 bits per heavy atom. The van der Waals surface area contributed by atoms with Crippen molar-refractivity contribution in [3.05, 3.63) is 35.9 Å². The zero-order valence-corrected chi connectivity index (χ0v) is 18.6. The average molecular weight is 415 g/mol. The predicted molar refractivity (Wildman–Crippen MR) is 116 cm³/mol. The summed E-state index contributed by atoms with van der Waals surface area (Å²) >= 11 is 0. The largest absolute Gasteiger partial charge is 0.347 e. The van der Waals surface area contributed by atoms with Crippen molar-refractivity contribution >= 4 is 17.7 Å². The molecule has 0 atom stereocenters. The van der Waals surface area contributed by atoms with Gasteiger partial charge in [0.1, 0.15) is 0 Å².